The minimum atomic E-state index is -0.900. The summed E-state index contributed by atoms with van der Waals surface area (Å²) in [5.41, 5.74) is 1.56. The fraction of sp³-hybridized carbons (Fsp3) is 0.300. The minimum absolute atomic E-state index is 0.218. The SMILES string of the molecule is COC(=O)C(=O)NCc1cccc(C)n1. The van der Waals surface area contributed by atoms with Crippen molar-refractivity contribution in [2.45, 2.75) is 13.5 Å². The van der Waals surface area contributed by atoms with Gasteiger partial charge < -0.3 is 10.1 Å². The number of aromatic nitrogens is 1. The molecular formula is C10H12N2O3. The van der Waals surface area contributed by atoms with Crippen LogP contribution < -0.4 is 5.32 Å². The Morgan fingerprint density at radius 3 is 2.80 bits per heavy atom. The Kier molecular flexibility index (Phi) is 3.79. The van der Waals surface area contributed by atoms with Crippen LogP contribution in [0.3, 0.4) is 0 Å². The molecule has 0 aliphatic carbocycles. The summed E-state index contributed by atoms with van der Waals surface area (Å²) in [7, 11) is 1.16. The van der Waals surface area contributed by atoms with Crippen molar-refractivity contribution in [2.24, 2.45) is 0 Å². The van der Waals surface area contributed by atoms with Gasteiger partial charge in [-0.2, -0.15) is 0 Å². The van der Waals surface area contributed by atoms with Crippen LogP contribution in [0.4, 0.5) is 0 Å². The zero-order chi connectivity index (χ0) is 11.3. The molecular weight excluding hydrogens is 196 g/mol. The smallest absolute Gasteiger partial charge is 0.396 e. The zero-order valence-corrected chi connectivity index (χ0v) is 8.61. The molecule has 0 saturated heterocycles. The van der Waals surface area contributed by atoms with E-state index in [0.717, 1.165) is 12.8 Å². The van der Waals surface area contributed by atoms with Crippen LogP contribution >= 0.6 is 0 Å². The number of nitrogens with zero attached hydrogens (tertiary/aromatic N) is 1. The minimum Gasteiger partial charge on any atom is -0.462 e. The van der Waals surface area contributed by atoms with E-state index < -0.39 is 11.9 Å². The van der Waals surface area contributed by atoms with E-state index in [1.54, 1.807) is 6.07 Å². The zero-order valence-electron chi connectivity index (χ0n) is 8.61. The first-order valence-electron chi connectivity index (χ1n) is 4.42. The van der Waals surface area contributed by atoms with Gasteiger partial charge in [-0.15, -0.1) is 0 Å². The van der Waals surface area contributed by atoms with Gasteiger partial charge in [-0.25, -0.2) is 4.79 Å². The van der Waals surface area contributed by atoms with Gasteiger partial charge in [-0.3, -0.25) is 9.78 Å². The molecule has 15 heavy (non-hydrogen) atoms. The van der Waals surface area contributed by atoms with E-state index in [1.807, 2.05) is 19.1 Å². The predicted octanol–water partition coefficient (Wildman–Crippen LogP) is 0.179. The summed E-state index contributed by atoms with van der Waals surface area (Å²) >= 11 is 0. The molecule has 0 spiro atoms. The Bertz CT molecular complexity index is 377. The van der Waals surface area contributed by atoms with Crippen molar-refractivity contribution in [3.05, 3.63) is 29.6 Å². The number of esters is 1. The molecule has 0 aromatic carbocycles. The molecule has 1 heterocycles. The van der Waals surface area contributed by atoms with Gasteiger partial charge in [-0.1, -0.05) is 6.07 Å². The van der Waals surface area contributed by atoms with Crippen LogP contribution in [-0.4, -0.2) is 24.0 Å². The number of hydrogen-bond acceptors (Lipinski definition) is 4. The molecule has 1 N–H and O–H groups in total. The van der Waals surface area contributed by atoms with E-state index in [9.17, 15) is 9.59 Å². The number of carbonyl (C=O) groups excluding carboxylic acids is 2. The Labute approximate surface area is 87.5 Å². The maximum atomic E-state index is 11.0. The largest absolute Gasteiger partial charge is 0.462 e. The Hall–Kier alpha value is -1.91. The number of hydrogen-bond donors (Lipinski definition) is 1. The quantitative estimate of drug-likeness (QED) is 0.556. The van der Waals surface area contributed by atoms with Crippen LogP contribution in [0, 0.1) is 6.92 Å². The number of rotatable bonds is 2. The highest BCUT2D eigenvalue weighted by Crippen LogP contribution is 1.97. The van der Waals surface area contributed by atoms with Crippen LogP contribution in [0.2, 0.25) is 0 Å². The summed E-state index contributed by atoms with van der Waals surface area (Å²) in [4.78, 5) is 25.9. The van der Waals surface area contributed by atoms with Gasteiger partial charge in [0.2, 0.25) is 0 Å². The second-order valence-electron chi connectivity index (χ2n) is 2.94. The summed E-state index contributed by atoms with van der Waals surface area (Å²) in [5.74, 6) is -1.66. The average molecular weight is 208 g/mol. The van der Waals surface area contributed by atoms with E-state index >= 15 is 0 Å². The van der Waals surface area contributed by atoms with Crippen LogP contribution in [0.1, 0.15) is 11.4 Å². The van der Waals surface area contributed by atoms with Crippen molar-refractivity contribution in [1.29, 1.82) is 0 Å². The first-order valence-corrected chi connectivity index (χ1v) is 4.42. The Morgan fingerprint density at radius 2 is 2.20 bits per heavy atom. The Morgan fingerprint density at radius 1 is 1.47 bits per heavy atom. The lowest BCUT2D eigenvalue weighted by molar-refractivity contribution is -0.152. The maximum Gasteiger partial charge on any atom is 0.396 e. The third kappa shape index (κ3) is 3.38. The molecule has 0 unspecified atom stereocenters. The second kappa shape index (κ2) is 5.09. The van der Waals surface area contributed by atoms with Crippen LogP contribution in [0.5, 0.6) is 0 Å². The van der Waals surface area contributed by atoms with E-state index in [-0.39, 0.29) is 6.54 Å². The molecule has 1 amide bonds. The first-order chi connectivity index (χ1) is 7.13. The van der Waals surface area contributed by atoms with E-state index in [1.165, 1.54) is 0 Å². The third-order valence-corrected chi connectivity index (χ3v) is 1.75. The predicted molar refractivity (Wildman–Crippen MR) is 52.8 cm³/mol. The number of nitrogens with one attached hydrogen (secondary N) is 1. The monoisotopic (exact) mass is 208 g/mol. The van der Waals surface area contributed by atoms with Crippen molar-refractivity contribution in [1.82, 2.24) is 10.3 Å². The molecule has 0 atom stereocenters. The van der Waals surface area contributed by atoms with E-state index in [2.05, 4.69) is 15.0 Å². The summed E-state index contributed by atoms with van der Waals surface area (Å²) in [5, 5.41) is 2.40. The highest BCUT2D eigenvalue weighted by Gasteiger charge is 2.12. The van der Waals surface area contributed by atoms with Gasteiger partial charge in [0.1, 0.15) is 0 Å². The summed E-state index contributed by atoms with van der Waals surface area (Å²) < 4.78 is 4.25. The van der Waals surface area contributed by atoms with Crippen LogP contribution in [-0.2, 0) is 20.9 Å². The second-order valence-corrected chi connectivity index (χ2v) is 2.94. The fourth-order valence-corrected chi connectivity index (χ4v) is 1.03. The third-order valence-electron chi connectivity index (χ3n) is 1.75. The topological polar surface area (TPSA) is 68.3 Å². The lowest BCUT2D eigenvalue weighted by Crippen LogP contribution is -2.31. The summed E-state index contributed by atoms with van der Waals surface area (Å²) in [6.07, 6.45) is 0. The molecule has 0 aliphatic rings. The van der Waals surface area contributed by atoms with Gasteiger partial charge in [0, 0.05) is 5.69 Å². The van der Waals surface area contributed by atoms with Crippen LogP contribution in [0.15, 0.2) is 18.2 Å². The fourth-order valence-electron chi connectivity index (χ4n) is 1.03. The molecule has 80 valence electrons. The first kappa shape index (κ1) is 11.2. The molecule has 1 rings (SSSR count). The Balaban J connectivity index is 2.50. The van der Waals surface area contributed by atoms with Gasteiger partial charge in [0.25, 0.3) is 0 Å². The molecule has 0 aliphatic heterocycles. The van der Waals surface area contributed by atoms with E-state index in [4.69, 9.17) is 0 Å². The van der Waals surface area contributed by atoms with Crippen molar-refractivity contribution in [2.75, 3.05) is 7.11 Å². The average Bonchev–Trinajstić information content (AvgIpc) is 2.25. The molecule has 1 aromatic heterocycles. The molecule has 1 aromatic rings. The summed E-state index contributed by atoms with van der Waals surface area (Å²) in [6, 6.07) is 5.46. The highest BCUT2D eigenvalue weighted by atomic mass is 16.5. The van der Waals surface area contributed by atoms with E-state index in [0.29, 0.717) is 5.69 Å². The van der Waals surface area contributed by atoms with Gasteiger partial charge in [-0.05, 0) is 19.1 Å². The number of aryl methyl sites for hydroxylation is 1. The highest BCUT2D eigenvalue weighted by molar-refractivity contribution is 6.32. The van der Waals surface area contributed by atoms with Gasteiger partial charge in [0.15, 0.2) is 0 Å². The lowest BCUT2D eigenvalue weighted by Gasteiger charge is -2.03. The van der Waals surface area contributed by atoms with Crippen molar-refractivity contribution >= 4 is 11.9 Å². The molecule has 0 radical (unpaired) electrons. The molecule has 5 nitrogen and oxygen atoms in total. The number of methoxy groups -OCH3 is 1. The standard InChI is InChI=1S/C10H12N2O3/c1-7-4-3-5-8(12-7)6-11-9(13)10(14)15-2/h3-5H,6H2,1-2H3,(H,11,13). The normalized spacial score (nSPS) is 9.47. The van der Waals surface area contributed by atoms with Crippen molar-refractivity contribution in [3.8, 4) is 0 Å². The molecule has 0 saturated carbocycles. The lowest BCUT2D eigenvalue weighted by atomic mass is 10.3. The van der Waals surface area contributed by atoms with Crippen molar-refractivity contribution in [3.63, 3.8) is 0 Å². The number of amides is 1. The molecule has 5 heteroatoms. The van der Waals surface area contributed by atoms with Crippen LogP contribution in [0.25, 0.3) is 0 Å². The maximum absolute atomic E-state index is 11.0. The number of carbonyl (C=O) groups is 2. The summed E-state index contributed by atoms with van der Waals surface area (Å²) in [6.45, 7) is 2.07. The molecule has 0 bridgehead atoms. The van der Waals surface area contributed by atoms with Crippen molar-refractivity contribution < 1.29 is 14.3 Å². The van der Waals surface area contributed by atoms with Gasteiger partial charge >= 0.3 is 11.9 Å². The number of ether oxygens (including phenoxy) is 1. The molecule has 0 fully saturated rings. The number of pyridine rings is 1. The van der Waals surface area contributed by atoms with Gasteiger partial charge in [0.05, 0.1) is 19.3 Å².